The lowest BCUT2D eigenvalue weighted by atomic mass is 10.2. The second-order valence-corrected chi connectivity index (χ2v) is 6.86. The summed E-state index contributed by atoms with van der Waals surface area (Å²) in [7, 11) is 0. The van der Waals surface area contributed by atoms with Crippen LogP contribution in [0.5, 0.6) is 0 Å². The molecule has 2 N–H and O–H groups in total. The molecular formula is C21H18N2O4S. The number of carbonyl (C=O) groups is 3. The predicted octanol–water partition coefficient (Wildman–Crippen LogP) is 4.18. The Balaban J connectivity index is 1.55. The molecule has 6 nitrogen and oxygen atoms in total. The Morgan fingerprint density at radius 2 is 1.54 bits per heavy atom. The summed E-state index contributed by atoms with van der Waals surface area (Å²) in [5.74, 6) is -1.25. The van der Waals surface area contributed by atoms with E-state index in [1.807, 2.05) is 11.4 Å². The fourth-order valence-electron chi connectivity index (χ4n) is 2.34. The second kappa shape index (κ2) is 8.96. The lowest BCUT2D eigenvalue weighted by Crippen LogP contribution is -2.30. The SMILES string of the molecule is CC(OC(=O)c1ccc(NC(=O)c2cccs2)cc1)C(=O)Nc1ccccc1. The summed E-state index contributed by atoms with van der Waals surface area (Å²) in [5.41, 5.74) is 1.47. The average Bonchev–Trinajstić information content (AvgIpc) is 3.24. The number of rotatable bonds is 6. The molecule has 0 fully saturated rings. The third-order valence-corrected chi connectivity index (χ3v) is 4.69. The summed E-state index contributed by atoms with van der Waals surface area (Å²) in [5, 5.41) is 7.25. The Hall–Kier alpha value is -3.45. The Bertz CT molecular complexity index is 954. The molecule has 2 aromatic carbocycles. The zero-order valence-electron chi connectivity index (χ0n) is 15.0. The van der Waals surface area contributed by atoms with Crippen molar-refractivity contribution in [3.05, 3.63) is 82.6 Å². The minimum absolute atomic E-state index is 0.212. The molecule has 142 valence electrons. The molecule has 1 unspecified atom stereocenters. The third-order valence-electron chi connectivity index (χ3n) is 3.82. The molecular weight excluding hydrogens is 376 g/mol. The smallest absolute Gasteiger partial charge is 0.338 e. The van der Waals surface area contributed by atoms with Gasteiger partial charge in [-0.15, -0.1) is 11.3 Å². The quantitative estimate of drug-likeness (QED) is 0.614. The van der Waals surface area contributed by atoms with Crippen LogP contribution in [0.15, 0.2) is 72.1 Å². The van der Waals surface area contributed by atoms with Crippen LogP contribution in [0.4, 0.5) is 11.4 Å². The van der Waals surface area contributed by atoms with Gasteiger partial charge in [-0.1, -0.05) is 24.3 Å². The van der Waals surface area contributed by atoms with Crippen molar-refractivity contribution in [2.75, 3.05) is 10.6 Å². The van der Waals surface area contributed by atoms with E-state index in [0.29, 0.717) is 16.3 Å². The van der Waals surface area contributed by atoms with Crippen molar-refractivity contribution < 1.29 is 19.1 Å². The van der Waals surface area contributed by atoms with Crippen molar-refractivity contribution in [2.45, 2.75) is 13.0 Å². The normalized spacial score (nSPS) is 11.3. The van der Waals surface area contributed by atoms with Gasteiger partial charge in [0.15, 0.2) is 6.10 Å². The summed E-state index contributed by atoms with van der Waals surface area (Å²) < 4.78 is 5.21. The Morgan fingerprint density at radius 3 is 2.18 bits per heavy atom. The van der Waals surface area contributed by atoms with Crippen molar-refractivity contribution in [2.24, 2.45) is 0 Å². The molecule has 0 bridgehead atoms. The number of esters is 1. The first-order valence-electron chi connectivity index (χ1n) is 8.55. The molecule has 2 amide bonds. The van der Waals surface area contributed by atoms with Gasteiger partial charge >= 0.3 is 5.97 Å². The molecule has 1 atom stereocenters. The van der Waals surface area contributed by atoms with Crippen molar-refractivity contribution >= 4 is 40.5 Å². The number of nitrogens with one attached hydrogen (secondary N) is 2. The molecule has 0 saturated heterocycles. The van der Waals surface area contributed by atoms with E-state index in [9.17, 15) is 14.4 Å². The van der Waals surface area contributed by atoms with E-state index in [0.717, 1.165) is 0 Å². The van der Waals surface area contributed by atoms with Gasteiger partial charge in [-0.2, -0.15) is 0 Å². The van der Waals surface area contributed by atoms with E-state index >= 15 is 0 Å². The number of hydrogen-bond acceptors (Lipinski definition) is 5. The summed E-state index contributed by atoms with van der Waals surface area (Å²) in [6.07, 6.45) is -0.953. The van der Waals surface area contributed by atoms with E-state index in [1.54, 1.807) is 48.5 Å². The van der Waals surface area contributed by atoms with Crippen LogP contribution < -0.4 is 10.6 Å². The first-order valence-corrected chi connectivity index (χ1v) is 9.43. The van der Waals surface area contributed by atoms with Crippen molar-refractivity contribution in [1.29, 1.82) is 0 Å². The number of ether oxygens (including phenoxy) is 1. The fraction of sp³-hybridized carbons (Fsp3) is 0.0952. The monoisotopic (exact) mass is 394 g/mol. The maximum Gasteiger partial charge on any atom is 0.338 e. The lowest BCUT2D eigenvalue weighted by molar-refractivity contribution is -0.123. The zero-order chi connectivity index (χ0) is 19.9. The summed E-state index contributed by atoms with van der Waals surface area (Å²) in [6, 6.07) is 18.7. The number of para-hydroxylation sites is 1. The highest BCUT2D eigenvalue weighted by molar-refractivity contribution is 7.12. The number of carbonyl (C=O) groups excluding carboxylic acids is 3. The van der Waals surface area contributed by atoms with E-state index < -0.39 is 18.0 Å². The van der Waals surface area contributed by atoms with Crippen LogP contribution in [-0.4, -0.2) is 23.9 Å². The second-order valence-electron chi connectivity index (χ2n) is 5.91. The molecule has 1 heterocycles. The van der Waals surface area contributed by atoms with E-state index in [4.69, 9.17) is 4.74 Å². The van der Waals surface area contributed by atoms with Gasteiger partial charge in [0.1, 0.15) is 0 Å². The average molecular weight is 394 g/mol. The molecule has 7 heteroatoms. The maximum atomic E-state index is 12.2. The van der Waals surface area contributed by atoms with Gasteiger partial charge in [-0.25, -0.2) is 4.79 Å². The van der Waals surface area contributed by atoms with Crippen molar-refractivity contribution in [3.8, 4) is 0 Å². The first kappa shape index (κ1) is 19.3. The van der Waals surface area contributed by atoms with Crippen LogP contribution in [0.2, 0.25) is 0 Å². The van der Waals surface area contributed by atoms with E-state index in [2.05, 4.69) is 10.6 Å². The van der Waals surface area contributed by atoms with Crippen LogP contribution in [0.3, 0.4) is 0 Å². The van der Waals surface area contributed by atoms with E-state index in [1.165, 1.54) is 30.4 Å². The topological polar surface area (TPSA) is 84.5 Å². The minimum Gasteiger partial charge on any atom is -0.449 e. The summed E-state index contributed by atoms with van der Waals surface area (Å²) >= 11 is 1.34. The molecule has 28 heavy (non-hydrogen) atoms. The molecule has 0 aliphatic carbocycles. The van der Waals surface area contributed by atoms with Gasteiger partial charge in [0, 0.05) is 11.4 Å². The molecule has 1 aromatic heterocycles. The van der Waals surface area contributed by atoms with Crippen LogP contribution >= 0.6 is 11.3 Å². The molecule has 3 aromatic rings. The number of thiophene rings is 1. The lowest BCUT2D eigenvalue weighted by Gasteiger charge is -2.13. The summed E-state index contributed by atoms with van der Waals surface area (Å²) in [6.45, 7) is 1.51. The highest BCUT2D eigenvalue weighted by atomic mass is 32.1. The molecule has 0 spiro atoms. The molecule has 3 rings (SSSR count). The fourth-order valence-corrected chi connectivity index (χ4v) is 2.96. The molecule has 0 aliphatic rings. The van der Waals surface area contributed by atoms with Gasteiger partial charge in [0.05, 0.1) is 10.4 Å². The maximum absolute atomic E-state index is 12.2. The largest absolute Gasteiger partial charge is 0.449 e. The summed E-state index contributed by atoms with van der Waals surface area (Å²) in [4.78, 5) is 37.0. The van der Waals surface area contributed by atoms with Crippen LogP contribution in [0.25, 0.3) is 0 Å². The Labute approximate surface area is 166 Å². The van der Waals surface area contributed by atoms with Crippen LogP contribution in [0.1, 0.15) is 27.0 Å². The first-order chi connectivity index (χ1) is 13.5. The van der Waals surface area contributed by atoms with Gasteiger partial charge in [0.25, 0.3) is 11.8 Å². The predicted molar refractivity (Wildman–Crippen MR) is 109 cm³/mol. The van der Waals surface area contributed by atoms with Gasteiger partial charge < -0.3 is 15.4 Å². The Kier molecular flexibility index (Phi) is 6.18. The molecule has 0 aliphatic heterocycles. The highest BCUT2D eigenvalue weighted by Crippen LogP contribution is 2.15. The van der Waals surface area contributed by atoms with Crippen LogP contribution in [-0.2, 0) is 9.53 Å². The van der Waals surface area contributed by atoms with Gasteiger partial charge in [0.2, 0.25) is 0 Å². The Morgan fingerprint density at radius 1 is 0.857 bits per heavy atom. The standard InChI is InChI=1S/C21H18N2O4S/c1-14(19(24)22-16-6-3-2-4-7-16)27-21(26)15-9-11-17(12-10-15)23-20(25)18-8-5-13-28-18/h2-14H,1H3,(H,22,24)(H,23,25). The zero-order valence-corrected chi connectivity index (χ0v) is 15.9. The highest BCUT2D eigenvalue weighted by Gasteiger charge is 2.19. The van der Waals surface area contributed by atoms with Crippen molar-refractivity contribution in [3.63, 3.8) is 0 Å². The number of hydrogen-bond donors (Lipinski definition) is 2. The van der Waals surface area contributed by atoms with Gasteiger partial charge in [-0.3, -0.25) is 9.59 Å². The number of amides is 2. The number of benzene rings is 2. The number of anilines is 2. The van der Waals surface area contributed by atoms with Crippen LogP contribution in [0, 0.1) is 0 Å². The van der Waals surface area contributed by atoms with Crippen molar-refractivity contribution in [1.82, 2.24) is 0 Å². The molecule has 0 radical (unpaired) electrons. The van der Waals surface area contributed by atoms with E-state index in [-0.39, 0.29) is 11.5 Å². The molecule has 0 saturated carbocycles. The van der Waals surface area contributed by atoms with Gasteiger partial charge in [-0.05, 0) is 54.8 Å². The minimum atomic E-state index is -0.953. The third kappa shape index (κ3) is 5.05.